The molecule has 4 rings (SSSR count). The highest BCUT2D eigenvalue weighted by atomic mass is 32.2. The Morgan fingerprint density at radius 2 is 1.74 bits per heavy atom. The number of aromatic nitrogens is 3. The van der Waals surface area contributed by atoms with Gasteiger partial charge in [-0.2, -0.15) is 0 Å². The Kier molecular flexibility index (Phi) is 7.36. The van der Waals surface area contributed by atoms with Crippen molar-refractivity contribution in [2.45, 2.75) is 58.3 Å². The van der Waals surface area contributed by atoms with Gasteiger partial charge in [-0.1, -0.05) is 48.2 Å². The second kappa shape index (κ2) is 10.4. The van der Waals surface area contributed by atoms with E-state index in [2.05, 4.69) is 15.5 Å². The third-order valence-electron chi connectivity index (χ3n) is 6.33. The predicted molar refractivity (Wildman–Crippen MR) is 135 cm³/mol. The predicted octanol–water partition coefficient (Wildman–Crippen LogP) is 4.93. The van der Waals surface area contributed by atoms with E-state index >= 15 is 0 Å². The maximum absolute atomic E-state index is 13.3. The van der Waals surface area contributed by atoms with E-state index in [0.717, 1.165) is 46.6 Å². The van der Waals surface area contributed by atoms with E-state index < -0.39 is 0 Å². The summed E-state index contributed by atoms with van der Waals surface area (Å²) in [6, 6.07) is 13.5. The molecule has 1 N–H and O–H groups in total. The van der Waals surface area contributed by atoms with Crippen LogP contribution in [0.5, 0.6) is 0 Å². The van der Waals surface area contributed by atoms with Crippen molar-refractivity contribution in [1.82, 2.24) is 19.7 Å². The fourth-order valence-electron chi connectivity index (χ4n) is 4.51. The van der Waals surface area contributed by atoms with Gasteiger partial charge in [0, 0.05) is 24.3 Å². The molecule has 0 spiro atoms. The smallest absolute Gasteiger partial charge is 0.254 e. The van der Waals surface area contributed by atoms with E-state index in [1.54, 1.807) is 0 Å². The highest BCUT2D eigenvalue weighted by molar-refractivity contribution is 7.99. The number of nitrogens with one attached hydrogen (secondary N) is 1. The van der Waals surface area contributed by atoms with Gasteiger partial charge >= 0.3 is 0 Å². The van der Waals surface area contributed by atoms with Gasteiger partial charge in [-0.15, -0.1) is 10.2 Å². The molecule has 1 aliphatic heterocycles. The maximum atomic E-state index is 13.3. The molecule has 2 heterocycles. The van der Waals surface area contributed by atoms with Crippen LogP contribution in [0.4, 0.5) is 5.69 Å². The van der Waals surface area contributed by atoms with Gasteiger partial charge in [0.1, 0.15) is 0 Å². The molecule has 0 saturated carbocycles. The number of amides is 2. The quantitative estimate of drug-likeness (QED) is 0.488. The normalized spacial score (nSPS) is 15.5. The van der Waals surface area contributed by atoms with Crippen LogP contribution in [0.3, 0.4) is 0 Å². The Labute approximate surface area is 205 Å². The lowest BCUT2D eigenvalue weighted by Crippen LogP contribution is -2.32. The molecule has 34 heavy (non-hydrogen) atoms. The van der Waals surface area contributed by atoms with Gasteiger partial charge in [0.15, 0.2) is 11.0 Å². The monoisotopic (exact) mass is 477 g/mol. The number of hydrogen-bond acceptors (Lipinski definition) is 5. The first-order valence-electron chi connectivity index (χ1n) is 11.7. The first kappa shape index (κ1) is 24.0. The SMILES string of the molecule is CCn1c(SCC(=O)Nc2c(C)cccc2C)nnc1C1CCCN1C(=O)c1ccccc1C. The van der Waals surface area contributed by atoms with Gasteiger partial charge < -0.3 is 14.8 Å². The van der Waals surface area contributed by atoms with E-state index in [1.807, 2.05) is 79.6 Å². The van der Waals surface area contributed by atoms with Crippen molar-refractivity contribution in [3.63, 3.8) is 0 Å². The Morgan fingerprint density at radius 1 is 1.03 bits per heavy atom. The first-order valence-corrected chi connectivity index (χ1v) is 12.7. The summed E-state index contributed by atoms with van der Waals surface area (Å²) in [5.74, 6) is 0.988. The zero-order valence-corrected chi connectivity index (χ0v) is 21.0. The highest BCUT2D eigenvalue weighted by Gasteiger charge is 2.35. The molecule has 0 bridgehead atoms. The second-order valence-corrected chi connectivity index (χ2v) is 9.60. The van der Waals surface area contributed by atoms with Crippen molar-refractivity contribution < 1.29 is 9.59 Å². The molecule has 1 saturated heterocycles. The summed E-state index contributed by atoms with van der Waals surface area (Å²) in [6.07, 6.45) is 1.78. The number of anilines is 1. The summed E-state index contributed by atoms with van der Waals surface area (Å²) in [7, 11) is 0. The number of carbonyl (C=O) groups excluding carboxylic acids is 2. The molecule has 1 aromatic heterocycles. The minimum atomic E-state index is -0.114. The summed E-state index contributed by atoms with van der Waals surface area (Å²) in [5.41, 5.74) is 4.65. The van der Waals surface area contributed by atoms with Crippen LogP contribution < -0.4 is 5.32 Å². The van der Waals surface area contributed by atoms with E-state index in [1.165, 1.54) is 11.8 Å². The minimum Gasteiger partial charge on any atom is -0.328 e. The van der Waals surface area contributed by atoms with Crippen LogP contribution in [0.15, 0.2) is 47.6 Å². The molecule has 2 amide bonds. The van der Waals surface area contributed by atoms with Crippen LogP contribution in [-0.2, 0) is 11.3 Å². The molecular formula is C26H31N5O2S. The number of benzene rings is 2. The lowest BCUT2D eigenvalue weighted by Gasteiger charge is -2.25. The number of thioether (sulfide) groups is 1. The number of nitrogens with zero attached hydrogens (tertiary/aromatic N) is 4. The zero-order valence-electron chi connectivity index (χ0n) is 20.2. The molecule has 178 valence electrons. The summed E-state index contributed by atoms with van der Waals surface area (Å²) in [5, 5.41) is 12.6. The van der Waals surface area contributed by atoms with Crippen molar-refractivity contribution in [2.75, 3.05) is 17.6 Å². The van der Waals surface area contributed by atoms with Crippen LogP contribution >= 0.6 is 11.8 Å². The third kappa shape index (κ3) is 4.87. The summed E-state index contributed by atoms with van der Waals surface area (Å²) in [6.45, 7) is 9.35. The molecule has 1 fully saturated rings. The van der Waals surface area contributed by atoms with Crippen LogP contribution in [0.1, 0.15) is 58.7 Å². The summed E-state index contributed by atoms with van der Waals surface area (Å²) < 4.78 is 2.03. The second-order valence-electron chi connectivity index (χ2n) is 8.66. The third-order valence-corrected chi connectivity index (χ3v) is 7.29. The minimum absolute atomic E-state index is 0.0356. The van der Waals surface area contributed by atoms with Gasteiger partial charge in [0.25, 0.3) is 5.91 Å². The van der Waals surface area contributed by atoms with E-state index in [-0.39, 0.29) is 23.6 Å². The van der Waals surface area contributed by atoms with Crippen LogP contribution in [0.25, 0.3) is 0 Å². The molecule has 3 aromatic rings. The maximum Gasteiger partial charge on any atom is 0.254 e. The van der Waals surface area contributed by atoms with E-state index in [4.69, 9.17) is 0 Å². The van der Waals surface area contributed by atoms with Gasteiger partial charge in [-0.05, 0) is 63.3 Å². The van der Waals surface area contributed by atoms with Gasteiger partial charge in [0.05, 0.1) is 11.8 Å². The molecule has 1 atom stereocenters. The lowest BCUT2D eigenvalue weighted by molar-refractivity contribution is -0.113. The van der Waals surface area contributed by atoms with Crippen molar-refractivity contribution in [3.8, 4) is 0 Å². The largest absolute Gasteiger partial charge is 0.328 e. The van der Waals surface area contributed by atoms with E-state index in [9.17, 15) is 9.59 Å². The Bertz CT molecular complexity index is 1190. The summed E-state index contributed by atoms with van der Waals surface area (Å²) >= 11 is 1.37. The van der Waals surface area contributed by atoms with Crippen molar-refractivity contribution in [1.29, 1.82) is 0 Å². The Balaban J connectivity index is 1.48. The standard InChI is InChI=1S/C26H31N5O2S/c1-5-30-24(21-14-9-15-31(21)25(33)20-13-7-6-10-17(20)2)28-29-26(30)34-16-22(32)27-23-18(3)11-8-12-19(23)4/h6-8,10-13,21H,5,9,14-16H2,1-4H3,(H,27,32). The Hall–Kier alpha value is -3.13. The average Bonchev–Trinajstić information content (AvgIpc) is 3.46. The lowest BCUT2D eigenvalue weighted by atomic mass is 10.1. The Morgan fingerprint density at radius 3 is 2.44 bits per heavy atom. The van der Waals surface area contributed by atoms with Crippen molar-refractivity contribution >= 4 is 29.3 Å². The van der Waals surface area contributed by atoms with Gasteiger partial charge in [-0.3, -0.25) is 9.59 Å². The van der Waals surface area contributed by atoms with Gasteiger partial charge in [-0.25, -0.2) is 0 Å². The molecule has 1 unspecified atom stereocenters. The van der Waals surface area contributed by atoms with Crippen LogP contribution in [0.2, 0.25) is 0 Å². The van der Waals surface area contributed by atoms with Gasteiger partial charge in [0.2, 0.25) is 5.91 Å². The molecular weight excluding hydrogens is 446 g/mol. The van der Waals surface area contributed by atoms with Crippen LogP contribution in [-0.4, -0.2) is 43.8 Å². The molecule has 2 aromatic carbocycles. The average molecular weight is 478 g/mol. The number of likely N-dealkylation sites (tertiary alicyclic amines) is 1. The topological polar surface area (TPSA) is 80.1 Å². The number of para-hydroxylation sites is 1. The highest BCUT2D eigenvalue weighted by Crippen LogP contribution is 2.34. The van der Waals surface area contributed by atoms with E-state index in [0.29, 0.717) is 18.2 Å². The first-order chi connectivity index (χ1) is 16.4. The van der Waals surface area contributed by atoms with Crippen molar-refractivity contribution in [2.24, 2.45) is 0 Å². The molecule has 7 nitrogen and oxygen atoms in total. The molecule has 8 heteroatoms. The molecule has 1 aliphatic rings. The fraction of sp³-hybridized carbons (Fsp3) is 0.385. The van der Waals surface area contributed by atoms with Crippen molar-refractivity contribution in [3.05, 3.63) is 70.5 Å². The fourth-order valence-corrected chi connectivity index (χ4v) is 5.32. The number of rotatable bonds is 7. The van der Waals surface area contributed by atoms with Crippen LogP contribution in [0, 0.1) is 20.8 Å². The number of aryl methyl sites for hydroxylation is 3. The number of carbonyl (C=O) groups is 2. The molecule has 0 aliphatic carbocycles. The summed E-state index contributed by atoms with van der Waals surface area (Å²) in [4.78, 5) is 27.9. The zero-order chi connectivity index (χ0) is 24.2. The number of hydrogen-bond donors (Lipinski definition) is 1. The molecule has 0 radical (unpaired) electrons.